The zero-order valence-corrected chi connectivity index (χ0v) is 14.4. The summed E-state index contributed by atoms with van der Waals surface area (Å²) in [6.45, 7) is 5.32. The lowest BCUT2D eigenvalue weighted by Gasteiger charge is -2.26. The molecule has 124 valence electrons. The van der Waals surface area contributed by atoms with Crippen LogP contribution in [-0.4, -0.2) is 22.3 Å². The zero-order chi connectivity index (χ0) is 16.7. The quantitative estimate of drug-likeness (QED) is 0.857. The summed E-state index contributed by atoms with van der Waals surface area (Å²) in [6.07, 6.45) is 5.69. The van der Waals surface area contributed by atoms with E-state index in [1.54, 1.807) is 6.20 Å². The molecule has 0 bridgehead atoms. The summed E-state index contributed by atoms with van der Waals surface area (Å²) in [7, 11) is 0. The first kappa shape index (κ1) is 15.4. The highest BCUT2D eigenvalue weighted by atomic mass is 16.2. The van der Waals surface area contributed by atoms with Gasteiger partial charge in [0.1, 0.15) is 0 Å². The van der Waals surface area contributed by atoms with Crippen LogP contribution < -0.4 is 0 Å². The van der Waals surface area contributed by atoms with Crippen molar-refractivity contribution >= 4 is 5.91 Å². The van der Waals surface area contributed by atoms with Gasteiger partial charge in [-0.2, -0.15) is 0 Å². The second kappa shape index (κ2) is 5.73. The normalized spacial score (nSPS) is 31.9. The Bertz CT molecular complexity index is 730. The predicted molar refractivity (Wildman–Crippen MR) is 94.4 cm³/mol. The number of likely N-dealkylation sites (tertiary alicyclic amines) is 1. The highest BCUT2D eigenvalue weighted by Crippen LogP contribution is 2.55. The third-order valence-electron chi connectivity index (χ3n) is 5.83. The average Bonchev–Trinajstić information content (AvgIpc) is 3.17. The Morgan fingerprint density at radius 3 is 2.71 bits per heavy atom. The van der Waals surface area contributed by atoms with Crippen molar-refractivity contribution in [1.82, 2.24) is 9.88 Å². The van der Waals surface area contributed by atoms with Gasteiger partial charge in [0, 0.05) is 30.3 Å². The molecule has 2 heterocycles. The Kier molecular flexibility index (Phi) is 3.67. The minimum absolute atomic E-state index is 0.00363. The third kappa shape index (κ3) is 2.52. The monoisotopic (exact) mass is 320 g/mol. The molecule has 1 amide bonds. The van der Waals surface area contributed by atoms with E-state index >= 15 is 0 Å². The number of amides is 1. The number of carbonyl (C=O) groups excluding carboxylic acids is 1. The van der Waals surface area contributed by atoms with E-state index in [0.717, 1.165) is 24.9 Å². The molecule has 2 unspecified atom stereocenters. The Morgan fingerprint density at radius 2 is 2.00 bits per heavy atom. The van der Waals surface area contributed by atoms with Gasteiger partial charge in [0.2, 0.25) is 5.91 Å². The van der Waals surface area contributed by atoms with Gasteiger partial charge in [-0.25, -0.2) is 0 Å². The molecule has 4 rings (SSSR count). The van der Waals surface area contributed by atoms with Crippen molar-refractivity contribution in [2.45, 2.75) is 38.1 Å². The van der Waals surface area contributed by atoms with E-state index in [0.29, 0.717) is 11.8 Å². The SMILES string of the molecule is CC1CC(c2cccnc2)N(C(=O)[C@@H]2C[C@]2(C)c2ccccc2)C1. The van der Waals surface area contributed by atoms with Gasteiger partial charge in [-0.05, 0) is 36.0 Å². The van der Waals surface area contributed by atoms with Crippen LogP contribution in [0, 0.1) is 11.8 Å². The van der Waals surface area contributed by atoms with Crippen LogP contribution in [0.5, 0.6) is 0 Å². The van der Waals surface area contributed by atoms with Crippen molar-refractivity contribution in [2.75, 3.05) is 6.54 Å². The number of rotatable bonds is 3. The van der Waals surface area contributed by atoms with Gasteiger partial charge in [-0.15, -0.1) is 0 Å². The zero-order valence-electron chi connectivity index (χ0n) is 14.4. The van der Waals surface area contributed by atoms with Crippen molar-refractivity contribution in [2.24, 2.45) is 11.8 Å². The van der Waals surface area contributed by atoms with Gasteiger partial charge in [0.05, 0.1) is 6.04 Å². The lowest BCUT2D eigenvalue weighted by Crippen LogP contribution is -2.34. The van der Waals surface area contributed by atoms with Crippen LogP contribution in [0.25, 0.3) is 0 Å². The lowest BCUT2D eigenvalue weighted by atomic mass is 9.95. The summed E-state index contributed by atoms with van der Waals surface area (Å²) >= 11 is 0. The minimum atomic E-state index is 0.00363. The minimum Gasteiger partial charge on any atom is -0.335 e. The molecular weight excluding hydrogens is 296 g/mol. The van der Waals surface area contributed by atoms with E-state index in [1.165, 1.54) is 5.56 Å². The highest BCUT2D eigenvalue weighted by molar-refractivity contribution is 5.85. The summed E-state index contributed by atoms with van der Waals surface area (Å²) in [5.41, 5.74) is 2.45. The second-order valence-electron chi connectivity index (χ2n) is 7.67. The van der Waals surface area contributed by atoms with Crippen LogP contribution in [0.4, 0.5) is 0 Å². The van der Waals surface area contributed by atoms with Crippen molar-refractivity contribution in [3.8, 4) is 0 Å². The molecule has 2 aliphatic rings. The largest absolute Gasteiger partial charge is 0.335 e. The Morgan fingerprint density at radius 1 is 1.21 bits per heavy atom. The van der Waals surface area contributed by atoms with Crippen molar-refractivity contribution in [1.29, 1.82) is 0 Å². The standard InChI is InChI=1S/C21H24N2O/c1-15-11-19(16-7-6-10-22-13-16)23(14-15)20(24)18-12-21(18,2)17-8-4-3-5-9-17/h3-10,13,15,18-19H,11-12,14H2,1-2H3/t15?,18-,19?,21+/m0/s1. The maximum Gasteiger partial charge on any atom is 0.227 e. The van der Waals surface area contributed by atoms with Crippen LogP contribution in [-0.2, 0) is 10.2 Å². The van der Waals surface area contributed by atoms with E-state index in [2.05, 4.69) is 54.1 Å². The molecule has 0 radical (unpaired) electrons. The first-order chi connectivity index (χ1) is 11.6. The summed E-state index contributed by atoms with van der Waals surface area (Å²) in [5, 5.41) is 0. The Hall–Kier alpha value is -2.16. The summed E-state index contributed by atoms with van der Waals surface area (Å²) in [4.78, 5) is 19.6. The average molecular weight is 320 g/mol. The molecule has 4 atom stereocenters. The van der Waals surface area contributed by atoms with Crippen LogP contribution in [0.1, 0.15) is 43.9 Å². The van der Waals surface area contributed by atoms with Gasteiger partial charge in [0.15, 0.2) is 0 Å². The fourth-order valence-electron chi connectivity index (χ4n) is 4.24. The molecule has 1 saturated heterocycles. The number of carbonyl (C=O) groups is 1. The number of pyridine rings is 1. The Labute approximate surface area is 143 Å². The molecule has 2 fully saturated rings. The molecule has 1 saturated carbocycles. The van der Waals surface area contributed by atoms with E-state index in [-0.39, 0.29) is 17.4 Å². The lowest BCUT2D eigenvalue weighted by molar-refractivity contribution is -0.134. The third-order valence-corrected chi connectivity index (χ3v) is 5.83. The Balaban J connectivity index is 1.56. The van der Waals surface area contributed by atoms with Gasteiger partial charge >= 0.3 is 0 Å². The second-order valence-corrected chi connectivity index (χ2v) is 7.67. The number of hydrogen-bond donors (Lipinski definition) is 0. The number of hydrogen-bond acceptors (Lipinski definition) is 2. The summed E-state index contributed by atoms with van der Waals surface area (Å²) in [5.74, 6) is 0.977. The fraction of sp³-hybridized carbons (Fsp3) is 0.429. The first-order valence-corrected chi connectivity index (χ1v) is 8.85. The molecule has 1 aliphatic heterocycles. The van der Waals surface area contributed by atoms with Crippen molar-refractivity contribution < 1.29 is 4.79 Å². The van der Waals surface area contributed by atoms with E-state index < -0.39 is 0 Å². The molecule has 0 N–H and O–H groups in total. The molecule has 0 spiro atoms. The van der Waals surface area contributed by atoms with Crippen LogP contribution in [0.2, 0.25) is 0 Å². The topological polar surface area (TPSA) is 33.2 Å². The number of nitrogens with zero attached hydrogens (tertiary/aromatic N) is 2. The molecule has 2 aromatic rings. The smallest absolute Gasteiger partial charge is 0.227 e. The van der Waals surface area contributed by atoms with Crippen LogP contribution in [0.3, 0.4) is 0 Å². The van der Waals surface area contributed by atoms with Gasteiger partial charge in [-0.3, -0.25) is 9.78 Å². The molecule has 3 heteroatoms. The molecule has 1 aromatic heterocycles. The van der Waals surface area contributed by atoms with E-state index in [1.807, 2.05) is 18.3 Å². The number of aromatic nitrogens is 1. The summed E-state index contributed by atoms with van der Waals surface area (Å²) in [6, 6.07) is 14.7. The maximum atomic E-state index is 13.2. The van der Waals surface area contributed by atoms with Gasteiger partial charge in [0.25, 0.3) is 0 Å². The molecule has 24 heavy (non-hydrogen) atoms. The predicted octanol–water partition coefficient (Wildman–Crippen LogP) is 3.97. The fourth-order valence-corrected chi connectivity index (χ4v) is 4.24. The van der Waals surface area contributed by atoms with E-state index in [4.69, 9.17) is 0 Å². The molecule has 1 aromatic carbocycles. The van der Waals surface area contributed by atoms with Gasteiger partial charge < -0.3 is 4.90 Å². The molecular formula is C21H24N2O. The molecule has 1 aliphatic carbocycles. The van der Waals surface area contributed by atoms with Crippen LogP contribution >= 0.6 is 0 Å². The first-order valence-electron chi connectivity index (χ1n) is 8.85. The molecule has 3 nitrogen and oxygen atoms in total. The van der Waals surface area contributed by atoms with Gasteiger partial charge in [-0.1, -0.05) is 50.2 Å². The maximum absolute atomic E-state index is 13.2. The van der Waals surface area contributed by atoms with Crippen molar-refractivity contribution in [3.05, 3.63) is 66.0 Å². The van der Waals surface area contributed by atoms with Crippen molar-refractivity contribution in [3.63, 3.8) is 0 Å². The van der Waals surface area contributed by atoms with E-state index in [9.17, 15) is 4.79 Å². The highest BCUT2D eigenvalue weighted by Gasteiger charge is 2.57. The number of benzene rings is 1. The van der Waals surface area contributed by atoms with Crippen LogP contribution in [0.15, 0.2) is 54.9 Å². The summed E-state index contributed by atoms with van der Waals surface area (Å²) < 4.78 is 0.